The molecular formula is C20H29IN4O2S2. The van der Waals surface area contributed by atoms with Gasteiger partial charge in [-0.2, -0.15) is 0 Å². The van der Waals surface area contributed by atoms with Gasteiger partial charge in [0.1, 0.15) is 4.21 Å². The molecule has 0 saturated carbocycles. The standard InChI is InChI=1S/C20H28N4O2S2.HI/c1-16-15-24(13-10-18(16)17-7-4-3-5-8-17)20(21-2)22-11-12-23-28(25,26)19-9-6-14-27-19;/h3-9,14,16,18,23H,10-13,15H2,1-2H3,(H,21,22);1H. The Morgan fingerprint density at radius 1 is 1.21 bits per heavy atom. The number of aliphatic imine (C=N–C) groups is 1. The molecule has 2 unspecified atom stereocenters. The summed E-state index contributed by atoms with van der Waals surface area (Å²) in [7, 11) is -1.65. The Bertz CT molecular complexity index is 873. The molecule has 0 radical (unpaired) electrons. The van der Waals surface area contributed by atoms with E-state index in [0.717, 1.165) is 25.5 Å². The number of nitrogens with zero attached hydrogens (tertiary/aromatic N) is 2. The summed E-state index contributed by atoms with van der Waals surface area (Å²) in [5.74, 6) is 1.91. The van der Waals surface area contributed by atoms with Crippen LogP contribution >= 0.6 is 35.3 Å². The van der Waals surface area contributed by atoms with Gasteiger partial charge in [0.2, 0.25) is 10.0 Å². The van der Waals surface area contributed by atoms with Crippen molar-refractivity contribution < 1.29 is 8.42 Å². The minimum absolute atomic E-state index is 0. The fraction of sp³-hybridized carbons (Fsp3) is 0.450. The van der Waals surface area contributed by atoms with Gasteiger partial charge in [0, 0.05) is 33.2 Å². The number of guanidine groups is 1. The minimum Gasteiger partial charge on any atom is -0.355 e. The van der Waals surface area contributed by atoms with Crippen molar-refractivity contribution in [1.29, 1.82) is 0 Å². The fourth-order valence-corrected chi connectivity index (χ4v) is 5.78. The molecule has 160 valence electrons. The molecule has 2 N–H and O–H groups in total. The van der Waals surface area contributed by atoms with Gasteiger partial charge in [0.05, 0.1) is 0 Å². The van der Waals surface area contributed by atoms with Crippen LogP contribution in [0, 0.1) is 5.92 Å². The lowest BCUT2D eigenvalue weighted by atomic mass is 9.82. The van der Waals surface area contributed by atoms with Gasteiger partial charge in [-0.05, 0) is 35.3 Å². The van der Waals surface area contributed by atoms with Crippen LogP contribution in [0.3, 0.4) is 0 Å². The van der Waals surface area contributed by atoms with Crippen molar-refractivity contribution >= 4 is 51.3 Å². The SMILES string of the molecule is CN=C(NCCNS(=O)(=O)c1cccs1)N1CCC(c2ccccc2)C(C)C1.I. The first-order valence-electron chi connectivity index (χ1n) is 9.55. The molecule has 2 atom stereocenters. The van der Waals surface area contributed by atoms with Crippen molar-refractivity contribution in [2.75, 3.05) is 33.2 Å². The third kappa shape index (κ3) is 6.40. The van der Waals surface area contributed by atoms with E-state index in [1.165, 1.54) is 16.9 Å². The highest BCUT2D eigenvalue weighted by atomic mass is 127. The number of benzene rings is 1. The van der Waals surface area contributed by atoms with E-state index < -0.39 is 10.0 Å². The average Bonchev–Trinajstić information content (AvgIpc) is 3.24. The van der Waals surface area contributed by atoms with E-state index in [-0.39, 0.29) is 24.0 Å². The number of nitrogens with one attached hydrogen (secondary N) is 2. The van der Waals surface area contributed by atoms with E-state index in [1.54, 1.807) is 24.6 Å². The smallest absolute Gasteiger partial charge is 0.250 e. The van der Waals surface area contributed by atoms with Crippen molar-refractivity contribution in [2.24, 2.45) is 10.9 Å². The number of sulfonamides is 1. The second kappa shape index (κ2) is 11.3. The predicted molar refractivity (Wildman–Crippen MR) is 131 cm³/mol. The molecule has 1 aromatic heterocycles. The Labute approximate surface area is 194 Å². The van der Waals surface area contributed by atoms with Gasteiger partial charge in [-0.3, -0.25) is 4.99 Å². The number of thiophene rings is 1. The second-order valence-corrected chi connectivity index (χ2v) is 9.97. The number of piperidine rings is 1. The van der Waals surface area contributed by atoms with Gasteiger partial charge in [-0.15, -0.1) is 35.3 Å². The van der Waals surface area contributed by atoms with Gasteiger partial charge in [-0.25, -0.2) is 13.1 Å². The van der Waals surface area contributed by atoms with Crippen LogP contribution in [0.25, 0.3) is 0 Å². The fourth-order valence-electron chi connectivity index (χ4n) is 3.71. The lowest BCUT2D eigenvalue weighted by Gasteiger charge is -2.39. The molecule has 1 fully saturated rings. The average molecular weight is 549 g/mol. The molecule has 0 spiro atoms. The summed E-state index contributed by atoms with van der Waals surface area (Å²) in [5, 5.41) is 5.04. The molecule has 1 aromatic carbocycles. The quantitative estimate of drug-likeness (QED) is 0.252. The molecule has 2 aromatic rings. The molecule has 1 aliphatic heterocycles. The van der Waals surface area contributed by atoms with Crippen LogP contribution in [-0.2, 0) is 10.0 Å². The van der Waals surface area contributed by atoms with Crippen molar-refractivity contribution in [3.63, 3.8) is 0 Å². The Morgan fingerprint density at radius 3 is 2.59 bits per heavy atom. The van der Waals surface area contributed by atoms with Crippen molar-refractivity contribution in [3.05, 3.63) is 53.4 Å². The molecule has 0 aliphatic carbocycles. The summed E-state index contributed by atoms with van der Waals surface area (Å²) in [6.07, 6.45) is 1.08. The number of likely N-dealkylation sites (tertiary alicyclic amines) is 1. The molecule has 0 bridgehead atoms. The van der Waals surface area contributed by atoms with E-state index in [1.807, 2.05) is 0 Å². The lowest BCUT2D eigenvalue weighted by Crippen LogP contribution is -2.49. The molecule has 1 aliphatic rings. The first-order valence-corrected chi connectivity index (χ1v) is 11.9. The highest BCUT2D eigenvalue weighted by Crippen LogP contribution is 2.32. The molecule has 9 heteroatoms. The molecular weight excluding hydrogens is 519 g/mol. The maximum Gasteiger partial charge on any atom is 0.250 e. The lowest BCUT2D eigenvalue weighted by molar-refractivity contribution is 0.234. The summed E-state index contributed by atoms with van der Waals surface area (Å²) >= 11 is 1.22. The first kappa shape index (κ1) is 24.1. The second-order valence-electron chi connectivity index (χ2n) is 7.03. The summed E-state index contributed by atoms with van der Waals surface area (Å²) in [6.45, 7) is 4.95. The summed E-state index contributed by atoms with van der Waals surface area (Å²) in [5.41, 5.74) is 1.40. The van der Waals surface area contributed by atoms with E-state index in [2.05, 4.69) is 57.2 Å². The van der Waals surface area contributed by atoms with Gasteiger partial charge in [-0.1, -0.05) is 43.3 Å². The van der Waals surface area contributed by atoms with Gasteiger partial charge < -0.3 is 10.2 Å². The first-order chi connectivity index (χ1) is 13.5. The highest BCUT2D eigenvalue weighted by molar-refractivity contribution is 14.0. The Balaban J connectivity index is 0.00000300. The van der Waals surface area contributed by atoms with E-state index in [9.17, 15) is 8.42 Å². The van der Waals surface area contributed by atoms with E-state index in [4.69, 9.17) is 0 Å². The summed E-state index contributed by atoms with van der Waals surface area (Å²) in [6, 6.07) is 14.0. The molecule has 3 rings (SSSR count). The van der Waals surface area contributed by atoms with Crippen LogP contribution in [0.2, 0.25) is 0 Å². The third-order valence-electron chi connectivity index (χ3n) is 5.10. The number of hydrogen-bond acceptors (Lipinski definition) is 4. The zero-order chi connectivity index (χ0) is 20.0. The molecule has 2 heterocycles. The van der Waals surface area contributed by atoms with Gasteiger partial charge in [0.15, 0.2) is 5.96 Å². The Morgan fingerprint density at radius 2 is 1.97 bits per heavy atom. The van der Waals surface area contributed by atoms with E-state index in [0.29, 0.717) is 29.1 Å². The van der Waals surface area contributed by atoms with Gasteiger partial charge in [0.25, 0.3) is 0 Å². The van der Waals surface area contributed by atoms with Crippen LogP contribution in [0.1, 0.15) is 24.8 Å². The molecule has 0 amide bonds. The zero-order valence-corrected chi connectivity index (χ0v) is 20.7. The van der Waals surface area contributed by atoms with Crippen molar-refractivity contribution in [2.45, 2.75) is 23.5 Å². The Kier molecular flexibility index (Phi) is 9.38. The van der Waals surface area contributed by atoms with Crippen LogP contribution < -0.4 is 10.0 Å². The van der Waals surface area contributed by atoms with Gasteiger partial charge >= 0.3 is 0 Å². The van der Waals surface area contributed by atoms with Crippen LogP contribution in [0.15, 0.2) is 57.0 Å². The summed E-state index contributed by atoms with van der Waals surface area (Å²) < 4.78 is 27.3. The number of halogens is 1. The normalized spacial score (nSPS) is 20.2. The van der Waals surface area contributed by atoms with E-state index >= 15 is 0 Å². The Hall–Kier alpha value is -1.17. The van der Waals surface area contributed by atoms with Crippen molar-refractivity contribution in [1.82, 2.24) is 14.9 Å². The summed E-state index contributed by atoms with van der Waals surface area (Å²) in [4.78, 5) is 6.65. The largest absolute Gasteiger partial charge is 0.355 e. The van der Waals surface area contributed by atoms with Crippen LogP contribution in [-0.4, -0.2) is 52.5 Å². The predicted octanol–water partition coefficient (Wildman–Crippen LogP) is 3.35. The topological polar surface area (TPSA) is 73.8 Å². The minimum atomic E-state index is -3.42. The van der Waals surface area contributed by atoms with Crippen LogP contribution in [0.4, 0.5) is 0 Å². The maximum absolute atomic E-state index is 12.2. The molecule has 6 nitrogen and oxygen atoms in total. The molecule has 29 heavy (non-hydrogen) atoms. The number of hydrogen-bond donors (Lipinski definition) is 2. The zero-order valence-electron chi connectivity index (χ0n) is 16.7. The maximum atomic E-state index is 12.2. The third-order valence-corrected chi connectivity index (χ3v) is 7.96. The highest BCUT2D eigenvalue weighted by Gasteiger charge is 2.28. The molecule has 1 saturated heterocycles. The monoisotopic (exact) mass is 548 g/mol. The number of rotatable bonds is 6. The van der Waals surface area contributed by atoms with Crippen molar-refractivity contribution in [3.8, 4) is 0 Å². The van der Waals surface area contributed by atoms with Crippen LogP contribution in [0.5, 0.6) is 0 Å².